The summed E-state index contributed by atoms with van der Waals surface area (Å²) >= 11 is 1.19. The van der Waals surface area contributed by atoms with Gasteiger partial charge >= 0.3 is 6.18 Å². The Hall–Kier alpha value is -2.68. The maximum Gasteiger partial charge on any atom is 0.416 e. The van der Waals surface area contributed by atoms with E-state index in [-0.39, 0.29) is 5.69 Å². The molecule has 0 spiro atoms. The molecule has 2 heterocycles. The number of nitrogens with one attached hydrogen (secondary N) is 1. The topological polar surface area (TPSA) is 68.0 Å². The summed E-state index contributed by atoms with van der Waals surface area (Å²) in [7, 11) is 0. The van der Waals surface area contributed by atoms with Crippen LogP contribution in [0.25, 0.3) is 0 Å². The first-order valence-corrected chi connectivity index (χ1v) is 7.98. The number of alkyl halides is 3. The molecule has 0 saturated heterocycles. The third kappa shape index (κ3) is 4.24. The highest BCUT2D eigenvalue weighted by molar-refractivity contribution is 7.15. The van der Waals surface area contributed by atoms with Crippen LogP contribution in [0.5, 0.6) is 0 Å². The minimum absolute atomic E-state index is 0.132. The van der Waals surface area contributed by atoms with Crippen LogP contribution in [0, 0.1) is 6.92 Å². The molecule has 1 aromatic carbocycles. The first kappa shape index (κ1) is 17.2. The van der Waals surface area contributed by atoms with Gasteiger partial charge in [0.05, 0.1) is 5.56 Å². The van der Waals surface area contributed by atoms with E-state index in [0.717, 1.165) is 17.0 Å². The van der Waals surface area contributed by atoms with Crippen LogP contribution in [0.2, 0.25) is 0 Å². The normalized spacial score (nSPS) is 11.5. The van der Waals surface area contributed by atoms with Gasteiger partial charge in [-0.1, -0.05) is 23.4 Å². The maximum atomic E-state index is 12.7. The van der Waals surface area contributed by atoms with E-state index in [0.29, 0.717) is 22.9 Å². The number of aromatic nitrogens is 2. The molecule has 3 rings (SSSR count). The van der Waals surface area contributed by atoms with Gasteiger partial charge in [-0.2, -0.15) is 13.2 Å². The van der Waals surface area contributed by atoms with Gasteiger partial charge in [-0.15, -0.1) is 11.3 Å². The average Bonchev–Trinajstić information content (AvgIpc) is 3.16. The zero-order valence-corrected chi connectivity index (χ0v) is 13.7. The minimum Gasteiger partial charge on any atom is -0.361 e. The molecule has 25 heavy (non-hydrogen) atoms. The van der Waals surface area contributed by atoms with Crippen molar-refractivity contribution in [1.82, 2.24) is 10.1 Å². The Bertz CT molecular complexity index is 902. The van der Waals surface area contributed by atoms with Crippen molar-refractivity contribution in [2.45, 2.75) is 19.5 Å². The smallest absolute Gasteiger partial charge is 0.361 e. The fourth-order valence-electron chi connectivity index (χ4n) is 2.14. The molecule has 0 bridgehead atoms. The van der Waals surface area contributed by atoms with Crippen LogP contribution in [0.4, 0.5) is 18.3 Å². The molecule has 0 aliphatic heterocycles. The van der Waals surface area contributed by atoms with Crippen LogP contribution in [0.15, 0.2) is 41.1 Å². The Kier molecular flexibility index (Phi) is 4.58. The summed E-state index contributed by atoms with van der Waals surface area (Å²) in [5.41, 5.74) is -0.0416. The number of hydrogen-bond donors (Lipinski definition) is 1. The fourth-order valence-corrected chi connectivity index (χ4v) is 2.98. The predicted octanol–water partition coefficient (Wildman–Crippen LogP) is 4.30. The molecule has 3 aromatic rings. The van der Waals surface area contributed by atoms with Gasteiger partial charge in [0.15, 0.2) is 10.8 Å². The first-order valence-electron chi connectivity index (χ1n) is 7.17. The first-order chi connectivity index (χ1) is 11.8. The van der Waals surface area contributed by atoms with Gasteiger partial charge in [-0.25, -0.2) is 4.98 Å². The van der Waals surface area contributed by atoms with Gasteiger partial charge in [-0.05, 0) is 18.6 Å². The van der Waals surface area contributed by atoms with E-state index in [1.165, 1.54) is 29.7 Å². The van der Waals surface area contributed by atoms with Crippen LogP contribution >= 0.6 is 11.3 Å². The van der Waals surface area contributed by atoms with E-state index in [1.807, 2.05) is 0 Å². The summed E-state index contributed by atoms with van der Waals surface area (Å²) < 4.78 is 43.1. The van der Waals surface area contributed by atoms with E-state index in [4.69, 9.17) is 4.52 Å². The summed E-state index contributed by atoms with van der Waals surface area (Å²) in [6.07, 6.45) is -2.56. The predicted molar refractivity (Wildman–Crippen MR) is 85.6 cm³/mol. The Balaban J connectivity index is 1.69. The Morgan fingerprint density at radius 2 is 2.12 bits per heavy atom. The van der Waals surface area contributed by atoms with Crippen molar-refractivity contribution in [3.05, 3.63) is 64.0 Å². The second-order valence-corrected chi connectivity index (χ2v) is 6.40. The number of halogens is 3. The largest absolute Gasteiger partial charge is 0.416 e. The van der Waals surface area contributed by atoms with Crippen LogP contribution in [-0.4, -0.2) is 16.0 Å². The van der Waals surface area contributed by atoms with Crippen LogP contribution in [0.3, 0.4) is 0 Å². The Morgan fingerprint density at radius 1 is 1.32 bits per heavy atom. The maximum absolute atomic E-state index is 12.7. The molecule has 0 radical (unpaired) electrons. The molecule has 0 aliphatic rings. The minimum atomic E-state index is -4.38. The molecule has 1 N–H and O–H groups in total. The second-order valence-electron chi connectivity index (χ2n) is 5.28. The SMILES string of the molecule is Cc1cc(C(=O)Nc2ncc(Cc3cccc(C(F)(F)F)c3)s2)no1. The highest BCUT2D eigenvalue weighted by atomic mass is 32.1. The van der Waals surface area contributed by atoms with Crippen molar-refractivity contribution in [3.8, 4) is 0 Å². The van der Waals surface area contributed by atoms with Crippen molar-refractivity contribution in [1.29, 1.82) is 0 Å². The number of nitrogens with zero attached hydrogens (tertiary/aromatic N) is 2. The molecule has 0 unspecified atom stereocenters. The van der Waals surface area contributed by atoms with Crippen LogP contribution in [-0.2, 0) is 12.6 Å². The van der Waals surface area contributed by atoms with Crippen LogP contribution < -0.4 is 5.32 Å². The number of rotatable bonds is 4. The van der Waals surface area contributed by atoms with E-state index < -0.39 is 17.6 Å². The lowest BCUT2D eigenvalue weighted by atomic mass is 10.1. The molecule has 5 nitrogen and oxygen atoms in total. The number of amides is 1. The van der Waals surface area contributed by atoms with Crippen molar-refractivity contribution >= 4 is 22.4 Å². The quantitative estimate of drug-likeness (QED) is 0.746. The van der Waals surface area contributed by atoms with Gasteiger partial charge in [0.2, 0.25) is 0 Å². The monoisotopic (exact) mass is 367 g/mol. The summed E-state index contributed by atoms with van der Waals surface area (Å²) in [5.74, 6) is 0.0475. The Morgan fingerprint density at radius 3 is 2.80 bits per heavy atom. The number of benzene rings is 1. The molecule has 0 atom stereocenters. The van der Waals surface area contributed by atoms with E-state index in [1.54, 1.807) is 13.0 Å². The summed E-state index contributed by atoms with van der Waals surface area (Å²) in [6, 6.07) is 6.62. The third-order valence-corrected chi connectivity index (χ3v) is 4.18. The molecular formula is C16H12F3N3O2S. The van der Waals surface area contributed by atoms with Gasteiger partial charge < -0.3 is 4.52 Å². The lowest BCUT2D eigenvalue weighted by Gasteiger charge is -2.07. The fraction of sp³-hybridized carbons (Fsp3) is 0.188. The van der Waals surface area contributed by atoms with Gasteiger partial charge in [0, 0.05) is 23.6 Å². The number of aryl methyl sites for hydroxylation is 1. The highest BCUT2D eigenvalue weighted by Gasteiger charge is 2.30. The molecule has 2 aromatic heterocycles. The van der Waals surface area contributed by atoms with Crippen molar-refractivity contribution in [3.63, 3.8) is 0 Å². The number of thiazole rings is 1. The molecule has 0 aliphatic carbocycles. The lowest BCUT2D eigenvalue weighted by Crippen LogP contribution is -2.11. The molecule has 9 heteroatoms. The summed E-state index contributed by atoms with van der Waals surface area (Å²) in [6.45, 7) is 1.67. The molecule has 0 saturated carbocycles. The van der Waals surface area contributed by atoms with Gasteiger partial charge in [0.25, 0.3) is 5.91 Å². The highest BCUT2D eigenvalue weighted by Crippen LogP contribution is 2.30. The van der Waals surface area contributed by atoms with E-state index in [9.17, 15) is 18.0 Å². The third-order valence-electron chi connectivity index (χ3n) is 3.27. The standard InChI is InChI=1S/C16H12F3N3O2S/c1-9-5-13(22-24-9)14(23)21-15-20-8-12(25-15)7-10-3-2-4-11(6-10)16(17,18)19/h2-6,8H,7H2,1H3,(H,20,21,23). The second kappa shape index (κ2) is 6.67. The number of carbonyl (C=O) groups is 1. The summed E-state index contributed by atoms with van der Waals surface area (Å²) in [4.78, 5) is 16.7. The van der Waals surface area contributed by atoms with Crippen LogP contribution in [0.1, 0.15) is 32.3 Å². The zero-order chi connectivity index (χ0) is 18.0. The van der Waals surface area contributed by atoms with E-state index in [2.05, 4.69) is 15.5 Å². The molecule has 1 amide bonds. The van der Waals surface area contributed by atoms with Crippen molar-refractivity contribution < 1.29 is 22.5 Å². The lowest BCUT2D eigenvalue weighted by molar-refractivity contribution is -0.137. The zero-order valence-electron chi connectivity index (χ0n) is 12.9. The molecule has 130 valence electrons. The van der Waals surface area contributed by atoms with Crippen molar-refractivity contribution in [2.24, 2.45) is 0 Å². The number of carbonyl (C=O) groups excluding carboxylic acids is 1. The van der Waals surface area contributed by atoms with Crippen molar-refractivity contribution in [2.75, 3.05) is 5.32 Å². The number of hydrogen-bond acceptors (Lipinski definition) is 5. The number of anilines is 1. The van der Waals surface area contributed by atoms with E-state index >= 15 is 0 Å². The average molecular weight is 367 g/mol. The Labute approximate surface area is 144 Å². The summed E-state index contributed by atoms with van der Waals surface area (Å²) in [5, 5.41) is 6.52. The van der Waals surface area contributed by atoms with Gasteiger partial charge in [-0.3, -0.25) is 10.1 Å². The van der Waals surface area contributed by atoms with Gasteiger partial charge in [0.1, 0.15) is 5.76 Å². The molecule has 0 fully saturated rings. The molecular weight excluding hydrogens is 355 g/mol.